The number of hydrogen-bond acceptors (Lipinski definition) is 3. The second-order valence-corrected chi connectivity index (χ2v) is 3.49. The Kier molecular flexibility index (Phi) is 24.0. The molecule has 0 heterocycles. The first-order valence-electron chi connectivity index (χ1n) is 5.96. The van der Waals surface area contributed by atoms with Crippen molar-refractivity contribution >= 4 is 47.7 Å². The van der Waals surface area contributed by atoms with Gasteiger partial charge in [0, 0.05) is 19.2 Å². The monoisotopic (exact) mass is 269 g/mol. The van der Waals surface area contributed by atoms with Crippen molar-refractivity contribution in [3.63, 3.8) is 0 Å². The first-order chi connectivity index (χ1) is 8.04. The van der Waals surface area contributed by atoms with E-state index < -0.39 is 11.9 Å². The van der Waals surface area contributed by atoms with E-state index in [-0.39, 0.29) is 42.4 Å². The number of aliphatic imine (C=N–C) groups is 1. The molecule has 102 valence electrons. The molecular weight excluding hydrogens is 245 g/mol. The van der Waals surface area contributed by atoms with Gasteiger partial charge < -0.3 is 10.2 Å². The number of unbranched alkanes of at least 4 members (excludes halogenated alkanes) is 3. The average molecular weight is 269 g/mol. The summed E-state index contributed by atoms with van der Waals surface area (Å²) in [5.74, 6) is -1.56. The van der Waals surface area contributed by atoms with Gasteiger partial charge >= 0.3 is 41.5 Å². The zero-order chi connectivity index (χ0) is 13.5. The second-order valence-electron chi connectivity index (χ2n) is 3.49. The van der Waals surface area contributed by atoms with E-state index in [2.05, 4.69) is 11.9 Å². The number of rotatable bonds is 8. The number of carboxylic acids is 2. The standard InChI is InChI=1S/C9H17NO2.C3H6O2.Na.H/c1-2-3-4-5-7-10-8-6-9(11)12;1-2-3(4)5;;/h8H,2-7H2,1H3,(H,11,12);2H2,1H3,(H,4,5);;. The maximum absolute atomic E-state index is 10.0. The van der Waals surface area contributed by atoms with E-state index in [4.69, 9.17) is 10.2 Å². The topological polar surface area (TPSA) is 87.0 Å². The molecule has 18 heavy (non-hydrogen) atoms. The van der Waals surface area contributed by atoms with Crippen LogP contribution in [0.1, 0.15) is 52.4 Å². The normalized spacial score (nSPS) is 9.22. The first kappa shape index (κ1) is 22.8. The fourth-order valence-corrected chi connectivity index (χ4v) is 0.864. The Morgan fingerprint density at radius 1 is 1.06 bits per heavy atom. The molecule has 0 rings (SSSR count). The zero-order valence-electron chi connectivity index (χ0n) is 10.7. The Hall–Kier alpha value is -0.390. The molecule has 0 fully saturated rings. The van der Waals surface area contributed by atoms with Crippen molar-refractivity contribution in [3.05, 3.63) is 0 Å². The molecule has 0 unspecified atom stereocenters. The molecule has 0 aromatic heterocycles. The van der Waals surface area contributed by atoms with Gasteiger partial charge in [0.15, 0.2) is 0 Å². The first-order valence-corrected chi connectivity index (χ1v) is 5.96. The number of hydrogen-bond donors (Lipinski definition) is 2. The van der Waals surface area contributed by atoms with Crippen LogP contribution in [0.2, 0.25) is 0 Å². The summed E-state index contributed by atoms with van der Waals surface area (Å²) in [6.45, 7) is 4.53. The van der Waals surface area contributed by atoms with Gasteiger partial charge in [0.1, 0.15) is 0 Å². The third-order valence-electron chi connectivity index (χ3n) is 1.84. The summed E-state index contributed by atoms with van der Waals surface area (Å²) < 4.78 is 0. The van der Waals surface area contributed by atoms with Gasteiger partial charge in [0.2, 0.25) is 0 Å². The summed E-state index contributed by atoms with van der Waals surface area (Å²) in [6.07, 6.45) is 6.49. The van der Waals surface area contributed by atoms with Gasteiger partial charge in [-0.1, -0.05) is 33.1 Å². The third kappa shape index (κ3) is 29.6. The van der Waals surface area contributed by atoms with Crippen LogP contribution in [0.4, 0.5) is 0 Å². The minimum absolute atomic E-state index is 0. The summed E-state index contributed by atoms with van der Waals surface area (Å²) in [6, 6.07) is 0. The van der Waals surface area contributed by atoms with Crippen LogP contribution < -0.4 is 0 Å². The van der Waals surface area contributed by atoms with Crippen LogP contribution in [0, 0.1) is 0 Å². The van der Waals surface area contributed by atoms with Gasteiger partial charge in [0.25, 0.3) is 0 Å². The number of nitrogens with zero attached hydrogens (tertiary/aromatic N) is 1. The fraction of sp³-hybridized carbons (Fsp3) is 0.750. The third-order valence-corrected chi connectivity index (χ3v) is 1.84. The van der Waals surface area contributed by atoms with E-state index in [0.29, 0.717) is 0 Å². The molecular formula is C12H24NNaO4. The fourth-order valence-electron chi connectivity index (χ4n) is 0.864. The van der Waals surface area contributed by atoms with Gasteiger partial charge in [-0.25, -0.2) is 0 Å². The van der Waals surface area contributed by atoms with E-state index in [1.807, 2.05) is 0 Å². The van der Waals surface area contributed by atoms with Crippen molar-refractivity contribution in [2.75, 3.05) is 6.54 Å². The Morgan fingerprint density at radius 2 is 1.61 bits per heavy atom. The molecule has 6 heteroatoms. The predicted molar refractivity (Wildman–Crippen MR) is 74.8 cm³/mol. The van der Waals surface area contributed by atoms with Crippen molar-refractivity contribution in [3.8, 4) is 0 Å². The molecule has 0 aliphatic rings. The van der Waals surface area contributed by atoms with Crippen molar-refractivity contribution in [2.24, 2.45) is 4.99 Å². The molecule has 0 atom stereocenters. The SMILES string of the molecule is CCC(=O)O.CCCCCCN=CCC(=O)O.[NaH]. The molecule has 2 N–H and O–H groups in total. The van der Waals surface area contributed by atoms with Crippen molar-refractivity contribution in [1.82, 2.24) is 0 Å². The van der Waals surface area contributed by atoms with Gasteiger partial charge in [-0.2, -0.15) is 0 Å². The Labute approximate surface area is 131 Å². The summed E-state index contributed by atoms with van der Waals surface area (Å²) in [7, 11) is 0. The van der Waals surface area contributed by atoms with E-state index in [9.17, 15) is 9.59 Å². The molecule has 0 aromatic rings. The molecule has 0 aliphatic heterocycles. The number of carbonyl (C=O) groups is 2. The predicted octanol–water partition coefficient (Wildman–Crippen LogP) is 1.94. The second kappa shape index (κ2) is 19.0. The Bertz CT molecular complexity index is 232. The quantitative estimate of drug-likeness (QED) is 0.400. The summed E-state index contributed by atoms with van der Waals surface area (Å²) in [4.78, 5) is 23.4. The molecule has 0 bridgehead atoms. The maximum atomic E-state index is 10.0. The zero-order valence-corrected chi connectivity index (χ0v) is 10.7. The van der Waals surface area contributed by atoms with Gasteiger partial charge in [-0.3, -0.25) is 14.6 Å². The molecule has 0 saturated heterocycles. The molecule has 0 radical (unpaired) electrons. The molecule has 5 nitrogen and oxygen atoms in total. The summed E-state index contributed by atoms with van der Waals surface area (Å²) in [5.41, 5.74) is 0. The van der Waals surface area contributed by atoms with Crippen LogP contribution in [-0.4, -0.2) is 64.5 Å². The summed E-state index contributed by atoms with van der Waals surface area (Å²) in [5, 5.41) is 16.0. The van der Waals surface area contributed by atoms with Gasteiger partial charge in [0.05, 0.1) is 6.42 Å². The van der Waals surface area contributed by atoms with E-state index in [0.717, 1.165) is 13.0 Å². The Morgan fingerprint density at radius 3 is 2.00 bits per heavy atom. The molecule has 0 amide bonds. The van der Waals surface area contributed by atoms with Gasteiger partial charge in [-0.05, 0) is 6.42 Å². The number of carboxylic acid groups (broad SMARTS) is 2. The van der Waals surface area contributed by atoms with Crippen molar-refractivity contribution in [1.29, 1.82) is 0 Å². The molecule has 0 spiro atoms. The molecule has 0 aliphatic carbocycles. The molecule has 0 saturated carbocycles. The van der Waals surface area contributed by atoms with E-state index in [1.165, 1.54) is 25.5 Å². The Balaban J connectivity index is -0.000000321. The van der Waals surface area contributed by atoms with Gasteiger partial charge in [-0.15, -0.1) is 0 Å². The van der Waals surface area contributed by atoms with E-state index >= 15 is 0 Å². The van der Waals surface area contributed by atoms with Crippen LogP contribution in [0.25, 0.3) is 0 Å². The minimum atomic E-state index is -0.813. The van der Waals surface area contributed by atoms with Crippen LogP contribution >= 0.6 is 0 Å². The van der Waals surface area contributed by atoms with Crippen LogP contribution in [0.5, 0.6) is 0 Å². The van der Waals surface area contributed by atoms with Crippen molar-refractivity contribution in [2.45, 2.75) is 52.4 Å². The van der Waals surface area contributed by atoms with Crippen LogP contribution in [0.3, 0.4) is 0 Å². The van der Waals surface area contributed by atoms with Crippen molar-refractivity contribution < 1.29 is 19.8 Å². The molecule has 0 aromatic carbocycles. The van der Waals surface area contributed by atoms with E-state index in [1.54, 1.807) is 6.92 Å². The average Bonchev–Trinajstić information content (AvgIpc) is 2.28. The van der Waals surface area contributed by atoms with Crippen LogP contribution in [-0.2, 0) is 9.59 Å². The van der Waals surface area contributed by atoms with Crippen LogP contribution in [0.15, 0.2) is 4.99 Å². The number of aliphatic carboxylic acids is 2. The summed E-state index contributed by atoms with van der Waals surface area (Å²) >= 11 is 0.